The van der Waals surface area contributed by atoms with Gasteiger partial charge in [0.25, 0.3) is 0 Å². The van der Waals surface area contributed by atoms with Gasteiger partial charge in [-0.1, -0.05) is 20.8 Å². The molecule has 1 saturated heterocycles. The standard InChI is InChI=1S/C12H24N2O2/c1-12(2,3)9-16-11(15)14-7-6-10(8-14)13(4)5/h10H,6-9H2,1-5H3. The first-order valence-electron chi connectivity index (χ1n) is 5.88. The van der Waals surface area contributed by atoms with Crippen LogP contribution in [0.5, 0.6) is 0 Å². The highest BCUT2D eigenvalue weighted by atomic mass is 16.6. The van der Waals surface area contributed by atoms with Gasteiger partial charge in [-0.05, 0) is 25.9 Å². The molecule has 1 aliphatic rings. The molecule has 0 bridgehead atoms. The highest BCUT2D eigenvalue weighted by Crippen LogP contribution is 2.17. The molecular weight excluding hydrogens is 204 g/mol. The van der Waals surface area contributed by atoms with Gasteiger partial charge in [-0.2, -0.15) is 0 Å². The Bertz CT molecular complexity index is 246. The summed E-state index contributed by atoms with van der Waals surface area (Å²) in [7, 11) is 4.10. The average Bonchev–Trinajstić information content (AvgIpc) is 2.61. The third kappa shape index (κ3) is 4.00. The fourth-order valence-electron chi connectivity index (χ4n) is 1.70. The Morgan fingerprint density at radius 3 is 2.50 bits per heavy atom. The number of nitrogens with zero attached hydrogens (tertiary/aromatic N) is 2. The summed E-state index contributed by atoms with van der Waals surface area (Å²) < 4.78 is 5.29. The molecule has 1 rings (SSSR count). The van der Waals surface area contributed by atoms with Crippen LogP contribution in [0.2, 0.25) is 0 Å². The van der Waals surface area contributed by atoms with Gasteiger partial charge in [0.2, 0.25) is 0 Å². The molecule has 0 aromatic heterocycles. The summed E-state index contributed by atoms with van der Waals surface area (Å²) in [6, 6.07) is 0.474. The van der Waals surface area contributed by atoms with Crippen LogP contribution in [0.25, 0.3) is 0 Å². The minimum Gasteiger partial charge on any atom is -0.449 e. The van der Waals surface area contributed by atoms with E-state index < -0.39 is 0 Å². The summed E-state index contributed by atoms with van der Waals surface area (Å²) in [6.45, 7) is 8.27. The van der Waals surface area contributed by atoms with E-state index in [9.17, 15) is 4.79 Å². The first-order chi connectivity index (χ1) is 7.29. The maximum Gasteiger partial charge on any atom is 0.409 e. The predicted octanol–water partition coefficient (Wildman–Crippen LogP) is 1.80. The Morgan fingerprint density at radius 2 is 2.06 bits per heavy atom. The highest BCUT2D eigenvalue weighted by Gasteiger charge is 2.28. The summed E-state index contributed by atoms with van der Waals surface area (Å²) in [5.41, 5.74) is 0.0380. The lowest BCUT2D eigenvalue weighted by Crippen LogP contribution is -2.35. The van der Waals surface area contributed by atoms with E-state index in [-0.39, 0.29) is 11.5 Å². The van der Waals surface area contributed by atoms with Gasteiger partial charge in [-0.25, -0.2) is 4.79 Å². The van der Waals surface area contributed by atoms with Crippen molar-refractivity contribution >= 4 is 6.09 Å². The van der Waals surface area contributed by atoms with Gasteiger partial charge in [0.05, 0.1) is 6.61 Å². The number of likely N-dealkylation sites (tertiary alicyclic amines) is 1. The minimum absolute atomic E-state index is 0.0380. The van der Waals surface area contributed by atoms with Crippen LogP contribution < -0.4 is 0 Å². The highest BCUT2D eigenvalue weighted by molar-refractivity contribution is 5.68. The van der Waals surface area contributed by atoms with E-state index in [1.54, 1.807) is 4.90 Å². The van der Waals surface area contributed by atoms with E-state index in [0.29, 0.717) is 12.6 Å². The molecule has 0 aromatic carbocycles. The quantitative estimate of drug-likeness (QED) is 0.722. The maximum absolute atomic E-state index is 11.7. The molecule has 4 nitrogen and oxygen atoms in total. The third-order valence-electron chi connectivity index (χ3n) is 2.78. The molecule has 1 atom stereocenters. The molecule has 1 unspecified atom stereocenters. The molecule has 0 saturated carbocycles. The topological polar surface area (TPSA) is 32.8 Å². The number of hydrogen-bond donors (Lipinski definition) is 0. The van der Waals surface area contributed by atoms with Crippen LogP contribution in [0.1, 0.15) is 27.2 Å². The van der Waals surface area contributed by atoms with Gasteiger partial charge in [0.15, 0.2) is 0 Å². The monoisotopic (exact) mass is 228 g/mol. The lowest BCUT2D eigenvalue weighted by atomic mass is 9.99. The Hall–Kier alpha value is -0.770. The largest absolute Gasteiger partial charge is 0.449 e. The summed E-state index contributed by atoms with van der Waals surface area (Å²) in [6.07, 6.45) is 0.872. The number of ether oxygens (including phenoxy) is 1. The van der Waals surface area contributed by atoms with Crippen molar-refractivity contribution in [1.82, 2.24) is 9.80 Å². The van der Waals surface area contributed by atoms with Crippen molar-refractivity contribution < 1.29 is 9.53 Å². The number of likely N-dealkylation sites (N-methyl/N-ethyl adjacent to an activating group) is 1. The fraction of sp³-hybridized carbons (Fsp3) is 0.917. The Labute approximate surface area is 98.5 Å². The van der Waals surface area contributed by atoms with Gasteiger partial charge >= 0.3 is 6.09 Å². The SMILES string of the molecule is CN(C)C1CCN(C(=O)OCC(C)(C)C)C1. The van der Waals surface area contributed by atoms with Crippen molar-refractivity contribution in [2.75, 3.05) is 33.8 Å². The summed E-state index contributed by atoms with van der Waals surface area (Å²) in [5, 5.41) is 0. The van der Waals surface area contributed by atoms with Crippen LogP contribution in [-0.4, -0.2) is 55.7 Å². The lowest BCUT2D eigenvalue weighted by molar-refractivity contribution is 0.0767. The van der Waals surface area contributed by atoms with Crippen molar-refractivity contribution in [3.8, 4) is 0 Å². The predicted molar refractivity (Wildman–Crippen MR) is 64.5 cm³/mol. The molecule has 1 fully saturated rings. The van der Waals surface area contributed by atoms with E-state index in [4.69, 9.17) is 4.74 Å². The van der Waals surface area contributed by atoms with E-state index in [0.717, 1.165) is 19.5 Å². The number of carbonyl (C=O) groups is 1. The van der Waals surface area contributed by atoms with E-state index in [1.807, 2.05) is 0 Å². The first-order valence-corrected chi connectivity index (χ1v) is 5.88. The number of hydrogen-bond acceptors (Lipinski definition) is 3. The second-order valence-corrected chi connectivity index (χ2v) is 5.97. The van der Waals surface area contributed by atoms with E-state index >= 15 is 0 Å². The Kier molecular flexibility index (Phi) is 4.19. The minimum atomic E-state index is -0.167. The zero-order chi connectivity index (χ0) is 12.3. The second-order valence-electron chi connectivity index (χ2n) is 5.97. The summed E-state index contributed by atoms with van der Waals surface area (Å²) in [4.78, 5) is 15.7. The molecule has 1 aliphatic heterocycles. The van der Waals surface area contributed by atoms with Crippen LogP contribution in [-0.2, 0) is 4.74 Å². The van der Waals surface area contributed by atoms with Crippen molar-refractivity contribution in [3.63, 3.8) is 0 Å². The Balaban J connectivity index is 2.34. The van der Waals surface area contributed by atoms with Gasteiger partial charge in [-0.15, -0.1) is 0 Å². The normalized spacial score (nSPS) is 21.6. The van der Waals surface area contributed by atoms with Crippen LogP contribution >= 0.6 is 0 Å². The zero-order valence-electron chi connectivity index (χ0n) is 11.1. The second kappa shape index (κ2) is 5.04. The number of rotatable bonds is 2. The van der Waals surface area contributed by atoms with E-state index in [2.05, 4.69) is 39.8 Å². The number of amides is 1. The summed E-state index contributed by atoms with van der Waals surface area (Å²) >= 11 is 0. The van der Waals surface area contributed by atoms with Crippen LogP contribution in [0.3, 0.4) is 0 Å². The average molecular weight is 228 g/mol. The molecule has 0 radical (unpaired) electrons. The molecule has 0 aromatic rings. The third-order valence-corrected chi connectivity index (χ3v) is 2.78. The molecule has 94 valence electrons. The van der Waals surface area contributed by atoms with Crippen molar-refractivity contribution in [2.24, 2.45) is 5.41 Å². The van der Waals surface area contributed by atoms with Crippen LogP contribution in [0.15, 0.2) is 0 Å². The molecule has 0 aliphatic carbocycles. The Morgan fingerprint density at radius 1 is 1.44 bits per heavy atom. The molecule has 16 heavy (non-hydrogen) atoms. The van der Waals surface area contributed by atoms with Crippen molar-refractivity contribution in [1.29, 1.82) is 0 Å². The number of carbonyl (C=O) groups excluding carboxylic acids is 1. The van der Waals surface area contributed by atoms with Crippen molar-refractivity contribution in [3.05, 3.63) is 0 Å². The fourth-order valence-corrected chi connectivity index (χ4v) is 1.70. The van der Waals surface area contributed by atoms with Crippen LogP contribution in [0, 0.1) is 5.41 Å². The van der Waals surface area contributed by atoms with Gasteiger partial charge in [-0.3, -0.25) is 0 Å². The molecule has 1 heterocycles. The van der Waals surface area contributed by atoms with Gasteiger partial charge < -0.3 is 14.5 Å². The molecular formula is C12H24N2O2. The zero-order valence-corrected chi connectivity index (χ0v) is 11.1. The van der Waals surface area contributed by atoms with Gasteiger partial charge in [0.1, 0.15) is 0 Å². The smallest absolute Gasteiger partial charge is 0.409 e. The van der Waals surface area contributed by atoms with Crippen LogP contribution in [0.4, 0.5) is 4.79 Å². The summed E-state index contributed by atoms with van der Waals surface area (Å²) in [5.74, 6) is 0. The molecule has 0 spiro atoms. The first kappa shape index (κ1) is 13.3. The van der Waals surface area contributed by atoms with Gasteiger partial charge in [0, 0.05) is 19.1 Å². The molecule has 4 heteroatoms. The van der Waals surface area contributed by atoms with Crippen molar-refractivity contribution in [2.45, 2.75) is 33.2 Å². The lowest BCUT2D eigenvalue weighted by Gasteiger charge is -2.23. The molecule has 0 N–H and O–H groups in total. The maximum atomic E-state index is 11.7. The van der Waals surface area contributed by atoms with E-state index in [1.165, 1.54) is 0 Å². The molecule has 1 amide bonds.